The van der Waals surface area contributed by atoms with Crippen molar-refractivity contribution in [3.8, 4) is 0 Å². The largest absolute Gasteiger partial charge is 0.460 e. The number of rotatable bonds is 4. The van der Waals surface area contributed by atoms with Gasteiger partial charge < -0.3 is 10.5 Å². The van der Waals surface area contributed by atoms with Gasteiger partial charge in [0.05, 0.1) is 6.42 Å². The second-order valence-electron chi connectivity index (χ2n) is 6.24. The van der Waals surface area contributed by atoms with Crippen LogP contribution in [0.1, 0.15) is 52.9 Å². The number of carbonyl (C=O) groups is 1. The minimum atomic E-state index is -0.412. The van der Waals surface area contributed by atoms with E-state index in [4.69, 9.17) is 10.5 Å². The van der Waals surface area contributed by atoms with Gasteiger partial charge in [0.25, 0.3) is 0 Å². The summed E-state index contributed by atoms with van der Waals surface area (Å²) in [5, 5.41) is 0.716. The van der Waals surface area contributed by atoms with Crippen LogP contribution in [0.25, 0.3) is 0 Å². The van der Waals surface area contributed by atoms with Crippen molar-refractivity contribution in [1.29, 1.82) is 0 Å². The van der Waals surface area contributed by atoms with Gasteiger partial charge in [-0.05, 0) is 52.2 Å². The first-order valence-corrected chi connectivity index (χ1v) is 8.11. The molecule has 1 saturated carbocycles. The zero-order valence-electron chi connectivity index (χ0n) is 12.1. The van der Waals surface area contributed by atoms with Crippen molar-refractivity contribution < 1.29 is 9.53 Å². The van der Waals surface area contributed by atoms with Gasteiger partial charge in [-0.2, -0.15) is 11.8 Å². The molecule has 18 heavy (non-hydrogen) atoms. The predicted molar refractivity (Wildman–Crippen MR) is 77.7 cm³/mol. The Morgan fingerprint density at radius 1 is 1.44 bits per heavy atom. The lowest BCUT2D eigenvalue weighted by atomic mass is 9.83. The van der Waals surface area contributed by atoms with Crippen molar-refractivity contribution in [2.75, 3.05) is 6.26 Å². The minimum absolute atomic E-state index is 0.0465. The average molecular weight is 273 g/mol. The number of thioether (sulfide) groups is 1. The highest BCUT2D eigenvalue weighted by molar-refractivity contribution is 7.99. The lowest BCUT2D eigenvalue weighted by molar-refractivity contribution is -0.155. The molecule has 1 rings (SSSR count). The van der Waals surface area contributed by atoms with Crippen LogP contribution in [0.2, 0.25) is 0 Å². The van der Waals surface area contributed by atoms with Gasteiger partial charge in [0.15, 0.2) is 0 Å². The van der Waals surface area contributed by atoms with Crippen LogP contribution in [-0.2, 0) is 9.53 Å². The molecule has 0 aromatic rings. The average Bonchev–Trinajstić information content (AvgIpc) is 2.26. The first-order chi connectivity index (χ1) is 8.31. The Hall–Kier alpha value is -0.220. The van der Waals surface area contributed by atoms with E-state index in [0.717, 1.165) is 12.8 Å². The third-order valence-electron chi connectivity index (χ3n) is 3.43. The van der Waals surface area contributed by atoms with Crippen molar-refractivity contribution in [2.24, 2.45) is 11.7 Å². The summed E-state index contributed by atoms with van der Waals surface area (Å²) < 4.78 is 5.33. The molecule has 0 aromatic heterocycles. The number of esters is 1. The van der Waals surface area contributed by atoms with Crippen molar-refractivity contribution in [1.82, 2.24) is 0 Å². The molecule has 0 spiro atoms. The summed E-state index contributed by atoms with van der Waals surface area (Å²) in [6.45, 7) is 5.67. The van der Waals surface area contributed by atoms with Crippen LogP contribution >= 0.6 is 11.8 Å². The summed E-state index contributed by atoms with van der Waals surface area (Å²) in [5.41, 5.74) is 5.76. The third kappa shape index (κ3) is 5.61. The molecular formula is C14H27NO2S. The van der Waals surface area contributed by atoms with Gasteiger partial charge in [-0.3, -0.25) is 4.79 Å². The van der Waals surface area contributed by atoms with Gasteiger partial charge in [0.2, 0.25) is 0 Å². The van der Waals surface area contributed by atoms with Gasteiger partial charge in [0, 0.05) is 11.3 Å². The van der Waals surface area contributed by atoms with E-state index in [0.29, 0.717) is 17.6 Å². The molecule has 2 N–H and O–H groups in total. The van der Waals surface area contributed by atoms with E-state index in [9.17, 15) is 4.79 Å². The van der Waals surface area contributed by atoms with Crippen LogP contribution in [0.5, 0.6) is 0 Å². The summed E-state index contributed by atoms with van der Waals surface area (Å²) in [7, 11) is 0. The highest BCUT2D eigenvalue weighted by atomic mass is 32.2. The van der Waals surface area contributed by atoms with Crippen LogP contribution in [0.3, 0.4) is 0 Å². The molecule has 4 heteroatoms. The molecular weight excluding hydrogens is 246 g/mol. The maximum absolute atomic E-state index is 11.8. The SMILES string of the molecule is CSC1CCCC(C(N)CC(=O)OC(C)(C)C)C1. The van der Waals surface area contributed by atoms with E-state index in [1.165, 1.54) is 12.8 Å². The molecule has 0 aromatic carbocycles. The number of nitrogens with two attached hydrogens (primary N) is 1. The standard InChI is InChI=1S/C14H27NO2S/c1-14(2,3)17-13(16)9-12(15)10-6-5-7-11(8-10)18-4/h10-12H,5-9,15H2,1-4H3. The Balaban J connectivity index is 2.40. The Kier molecular flexibility index (Phi) is 5.99. The smallest absolute Gasteiger partial charge is 0.307 e. The highest BCUT2D eigenvalue weighted by Gasteiger charge is 2.28. The molecule has 3 unspecified atom stereocenters. The second-order valence-corrected chi connectivity index (χ2v) is 7.38. The summed E-state index contributed by atoms with van der Waals surface area (Å²) in [6.07, 6.45) is 7.33. The Labute approximate surface area is 115 Å². The molecule has 3 nitrogen and oxygen atoms in total. The molecule has 0 amide bonds. The van der Waals surface area contributed by atoms with Gasteiger partial charge in [0.1, 0.15) is 5.60 Å². The lowest BCUT2D eigenvalue weighted by Crippen LogP contribution is -2.38. The van der Waals surface area contributed by atoms with Crippen LogP contribution in [0, 0.1) is 5.92 Å². The fourth-order valence-corrected chi connectivity index (χ4v) is 3.37. The molecule has 0 bridgehead atoms. The Morgan fingerprint density at radius 2 is 2.11 bits per heavy atom. The molecule has 0 heterocycles. The molecule has 0 radical (unpaired) electrons. The predicted octanol–water partition coefficient (Wildman–Crippen LogP) is 2.97. The van der Waals surface area contributed by atoms with Crippen LogP contribution in [-0.4, -0.2) is 29.1 Å². The summed E-state index contributed by atoms with van der Waals surface area (Å²) >= 11 is 1.92. The molecule has 0 saturated heterocycles. The second kappa shape index (κ2) is 6.80. The normalized spacial score (nSPS) is 26.7. The van der Waals surface area contributed by atoms with Gasteiger partial charge >= 0.3 is 5.97 Å². The Morgan fingerprint density at radius 3 is 2.67 bits per heavy atom. The minimum Gasteiger partial charge on any atom is -0.460 e. The maximum atomic E-state index is 11.8. The van der Waals surface area contributed by atoms with Crippen molar-refractivity contribution in [2.45, 2.75) is 69.8 Å². The third-order valence-corrected chi connectivity index (χ3v) is 4.52. The Bertz CT molecular complexity index is 275. The van der Waals surface area contributed by atoms with Gasteiger partial charge in [-0.1, -0.05) is 6.42 Å². The van der Waals surface area contributed by atoms with Crippen molar-refractivity contribution in [3.63, 3.8) is 0 Å². The van der Waals surface area contributed by atoms with Gasteiger partial charge in [-0.25, -0.2) is 0 Å². The van der Waals surface area contributed by atoms with E-state index in [-0.39, 0.29) is 12.0 Å². The summed E-state index contributed by atoms with van der Waals surface area (Å²) in [6, 6.07) is -0.0465. The number of hydrogen-bond acceptors (Lipinski definition) is 4. The fraction of sp³-hybridized carbons (Fsp3) is 0.929. The van der Waals surface area contributed by atoms with Crippen LogP contribution < -0.4 is 5.73 Å². The quantitative estimate of drug-likeness (QED) is 0.800. The molecule has 1 aliphatic carbocycles. The first kappa shape index (κ1) is 15.8. The lowest BCUT2D eigenvalue weighted by Gasteiger charge is -2.32. The molecule has 1 aliphatic rings. The summed E-state index contributed by atoms with van der Waals surface area (Å²) in [5.74, 6) is 0.310. The molecule has 3 atom stereocenters. The van der Waals surface area contributed by atoms with Crippen LogP contribution in [0.4, 0.5) is 0 Å². The maximum Gasteiger partial charge on any atom is 0.307 e. The number of hydrogen-bond donors (Lipinski definition) is 1. The van der Waals surface area contributed by atoms with Crippen LogP contribution in [0.15, 0.2) is 0 Å². The van der Waals surface area contributed by atoms with E-state index in [1.807, 2.05) is 32.5 Å². The molecule has 0 aliphatic heterocycles. The fourth-order valence-electron chi connectivity index (χ4n) is 2.53. The van der Waals surface area contributed by atoms with Crippen molar-refractivity contribution in [3.05, 3.63) is 0 Å². The number of ether oxygens (including phenoxy) is 1. The first-order valence-electron chi connectivity index (χ1n) is 6.82. The molecule has 106 valence electrons. The monoisotopic (exact) mass is 273 g/mol. The molecule has 1 fully saturated rings. The summed E-state index contributed by atoms with van der Waals surface area (Å²) in [4.78, 5) is 11.8. The van der Waals surface area contributed by atoms with E-state index < -0.39 is 5.60 Å². The van der Waals surface area contributed by atoms with Gasteiger partial charge in [-0.15, -0.1) is 0 Å². The highest BCUT2D eigenvalue weighted by Crippen LogP contribution is 2.33. The zero-order chi connectivity index (χ0) is 13.8. The van der Waals surface area contributed by atoms with E-state index in [1.54, 1.807) is 0 Å². The zero-order valence-corrected chi connectivity index (χ0v) is 12.9. The van der Waals surface area contributed by atoms with Crippen molar-refractivity contribution >= 4 is 17.7 Å². The topological polar surface area (TPSA) is 52.3 Å². The number of carbonyl (C=O) groups excluding carboxylic acids is 1. The van der Waals surface area contributed by atoms with E-state index >= 15 is 0 Å². The van der Waals surface area contributed by atoms with E-state index in [2.05, 4.69) is 6.26 Å².